The lowest BCUT2D eigenvalue weighted by molar-refractivity contribution is 0.443. The molecule has 0 amide bonds. The van der Waals surface area contributed by atoms with E-state index in [1.54, 1.807) is 24.3 Å². The molecule has 0 aliphatic carbocycles. The Bertz CT molecular complexity index is 274. The number of alkyl halides is 1. The molecular formula is C10H10ClF. The fourth-order valence-corrected chi connectivity index (χ4v) is 1.02. The summed E-state index contributed by atoms with van der Waals surface area (Å²) in [6.45, 7) is 5.11. The van der Waals surface area contributed by atoms with E-state index in [4.69, 9.17) is 11.6 Å². The first kappa shape index (κ1) is 9.27. The Balaban J connectivity index is 2.90. The van der Waals surface area contributed by atoms with Crippen LogP contribution in [-0.2, 0) is 0 Å². The zero-order valence-electron chi connectivity index (χ0n) is 6.85. The van der Waals surface area contributed by atoms with E-state index >= 15 is 0 Å². The van der Waals surface area contributed by atoms with Crippen LogP contribution in [-0.4, -0.2) is 6.17 Å². The van der Waals surface area contributed by atoms with Crippen LogP contribution >= 0.6 is 11.6 Å². The van der Waals surface area contributed by atoms with Crippen LogP contribution in [0, 0.1) is 0 Å². The predicted molar refractivity (Wildman–Crippen MR) is 51.1 cm³/mol. The number of halogens is 2. The highest BCUT2D eigenvalue weighted by atomic mass is 35.5. The van der Waals surface area contributed by atoms with Gasteiger partial charge in [-0.15, -0.1) is 0 Å². The van der Waals surface area contributed by atoms with Gasteiger partial charge >= 0.3 is 0 Å². The minimum Gasteiger partial charge on any atom is -0.243 e. The highest BCUT2D eigenvalue weighted by Gasteiger charge is 2.05. The van der Waals surface area contributed by atoms with E-state index in [0.29, 0.717) is 10.6 Å². The summed E-state index contributed by atoms with van der Waals surface area (Å²) in [6, 6.07) is 6.98. The SMILES string of the molecule is C=C(c1ccc(Cl)cc1)C(C)F. The third kappa shape index (κ3) is 2.08. The molecule has 0 aromatic heterocycles. The van der Waals surface area contributed by atoms with Gasteiger partial charge in [0.05, 0.1) is 0 Å². The third-order valence-corrected chi connectivity index (χ3v) is 1.95. The van der Waals surface area contributed by atoms with Gasteiger partial charge in [-0.1, -0.05) is 30.3 Å². The molecule has 0 aliphatic rings. The number of allylic oxidation sites excluding steroid dienone is 1. The van der Waals surface area contributed by atoms with Crippen LogP contribution in [0.5, 0.6) is 0 Å². The lowest BCUT2D eigenvalue weighted by Crippen LogP contribution is -1.95. The Morgan fingerprint density at radius 1 is 1.42 bits per heavy atom. The van der Waals surface area contributed by atoms with Gasteiger partial charge in [0.15, 0.2) is 0 Å². The predicted octanol–water partition coefficient (Wildman–Crippen LogP) is 3.71. The molecule has 0 saturated carbocycles. The molecule has 0 aliphatic heterocycles. The first-order valence-corrected chi connectivity index (χ1v) is 4.08. The molecule has 1 rings (SSSR count). The second-order valence-electron chi connectivity index (χ2n) is 2.65. The highest BCUT2D eigenvalue weighted by Crippen LogP contribution is 2.20. The second-order valence-corrected chi connectivity index (χ2v) is 3.08. The topological polar surface area (TPSA) is 0 Å². The van der Waals surface area contributed by atoms with E-state index in [9.17, 15) is 4.39 Å². The Morgan fingerprint density at radius 3 is 2.33 bits per heavy atom. The van der Waals surface area contributed by atoms with Crippen LogP contribution in [0.25, 0.3) is 5.57 Å². The lowest BCUT2D eigenvalue weighted by atomic mass is 10.0. The van der Waals surface area contributed by atoms with E-state index < -0.39 is 6.17 Å². The summed E-state index contributed by atoms with van der Waals surface area (Å²) in [5, 5.41) is 0.651. The molecule has 1 aromatic rings. The molecular weight excluding hydrogens is 175 g/mol. The van der Waals surface area contributed by atoms with Crippen LogP contribution in [0.4, 0.5) is 4.39 Å². The lowest BCUT2D eigenvalue weighted by Gasteiger charge is -2.05. The van der Waals surface area contributed by atoms with Crippen molar-refractivity contribution < 1.29 is 4.39 Å². The normalized spacial score (nSPS) is 12.6. The van der Waals surface area contributed by atoms with Gasteiger partial charge in [0, 0.05) is 5.02 Å². The van der Waals surface area contributed by atoms with Gasteiger partial charge in [0.2, 0.25) is 0 Å². The Hall–Kier alpha value is -0.820. The van der Waals surface area contributed by atoms with Crippen molar-refractivity contribution in [3.8, 4) is 0 Å². The van der Waals surface area contributed by atoms with Crippen molar-refractivity contribution in [3.05, 3.63) is 41.4 Å². The first-order valence-electron chi connectivity index (χ1n) is 3.70. The molecule has 1 aromatic carbocycles. The number of hydrogen-bond donors (Lipinski definition) is 0. The molecule has 64 valence electrons. The van der Waals surface area contributed by atoms with Gasteiger partial charge in [-0.3, -0.25) is 0 Å². The summed E-state index contributed by atoms with van der Waals surface area (Å²) in [4.78, 5) is 0. The van der Waals surface area contributed by atoms with Crippen LogP contribution in [0.15, 0.2) is 30.8 Å². The largest absolute Gasteiger partial charge is 0.243 e. The first-order chi connectivity index (χ1) is 5.61. The van der Waals surface area contributed by atoms with E-state index in [0.717, 1.165) is 5.56 Å². The number of benzene rings is 1. The summed E-state index contributed by atoms with van der Waals surface area (Å²) in [7, 11) is 0. The molecule has 1 unspecified atom stereocenters. The second kappa shape index (κ2) is 3.72. The number of hydrogen-bond acceptors (Lipinski definition) is 0. The highest BCUT2D eigenvalue weighted by molar-refractivity contribution is 6.30. The van der Waals surface area contributed by atoms with Crippen molar-refractivity contribution >= 4 is 17.2 Å². The maximum atomic E-state index is 12.7. The molecule has 0 bridgehead atoms. The van der Waals surface area contributed by atoms with Crippen LogP contribution in [0.1, 0.15) is 12.5 Å². The van der Waals surface area contributed by atoms with Crippen molar-refractivity contribution in [2.75, 3.05) is 0 Å². The smallest absolute Gasteiger partial charge is 0.122 e. The van der Waals surface area contributed by atoms with Gasteiger partial charge in [0.25, 0.3) is 0 Å². The van der Waals surface area contributed by atoms with E-state index in [-0.39, 0.29) is 0 Å². The summed E-state index contributed by atoms with van der Waals surface area (Å²) in [5.74, 6) is 0. The third-order valence-electron chi connectivity index (χ3n) is 1.70. The van der Waals surface area contributed by atoms with Crippen molar-refractivity contribution in [2.24, 2.45) is 0 Å². The van der Waals surface area contributed by atoms with E-state index in [1.807, 2.05) is 0 Å². The molecule has 0 fully saturated rings. The van der Waals surface area contributed by atoms with Crippen LogP contribution < -0.4 is 0 Å². The Labute approximate surface area is 76.7 Å². The average Bonchev–Trinajstić information content (AvgIpc) is 2.04. The monoisotopic (exact) mass is 184 g/mol. The van der Waals surface area contributed by atoms with Crippen LogP contribution in [0.2, 0.25) is 5.02 Å². The van der Waals surface area contributed by atoms with Gasteiger partial charge in [-0.25, -0.2) is 4.39 Å². The van der Waals surface area contributed by atoms with E-state index in [2.05, 4.69) is 6.58 Å². The summed E-state index contributed by atoms with van der Waals surface area (Å²) >= 11 is 5.67. The summed E-state index contributed by atoms with van der Waals surface area (Å²) in [6.07, 6.45) is -1.01. The average molecular weight is 185 g/mol. The molecule has 0 spiro atoms. The minimum atomic E-state index is -1.01. The van der Waals surface area contributed by atoms with Gasteiger partial charge in [0.1, 0.15) is 6.17 Å². The fourth-order valence-electron chi connectivity index (χ4n) is 0.894. The van der Waals surface area contributed by atoms with Gasteiger partial charge in [-0.2, -0.15) is 0 Å². The molecule has 0 radical (unpaired) electrons. The van der Waals surface area contributed by atoms with Crippen molar-refractivity contribution in [3.63, 3.8) is 0 Å². The standard InChI is InChI=1S/C10H10ClF/c1-7(8(2)12)9-3-5-10(11)6-4-9/h3-6,8H,1H2,2H3. The summed E-state index contributed by atoms with van der Waals surface area (Å²) in [5.41, 5.74) is 1.29. The Morgan fingerprint density at radius 2 is 1.92 bits per heavy atom. The van der Waals surface area contributed by atoms with E-state index in [1.165, 1.54) is 6.92 Å². The summed E-state index contributed by atoms with van der Waals surface area (Å²) < 4.78 is 12.7. The minimum absolute atomic E-state index is 0.492. The Kier molecular flexibility index (Phi) is 2.88. The molecule has 0 N–H and O–H groups in total. The molecule has 0 heterocycles. The molecule has 0 saturated heterocycles. The maximum absolute atomic E-state index is 12.7. The maximum Gasteiger partial charge on any atom is 0.122 e. The van der Waals surface area contributed by atoms with Gasteiger partial charge in [-0.05, 0) is 30.2 Å². The van der Waals surface area contributed by atoms with Crippen LogP contribution in [0.3, 0.4) is 0 Å². The van der Waals surface area contributed by atoms with Crippen molar-refractivity contribution in [1.29, 1.82) is 0 Å². The zero-order chi connectivity index (χ0) is 9.14. The number of rotatable bonds is 2. The molecule has 12 heavy (non-hydrogen) atoms. The zero-order valence-corrected chi connectivity index (χ0v) is 7.61. The quantitative estimate of drug-likeness (QED) is 0.658. The van der Waals surface area contributed by atoms with Gasteiger partial charge < -0.3 is 0 Å². The molecule has 1 atom stereocenters. The van der Waals surface area contributed by atoms with Crippen molar-refractivity contribution in [2.45, 2.75) is 13.1 Å². The molecule has 2 heteroatoms. The van der Waals surface area contributed by atoms with Crippen molar-refractivity contribution in [1.82, 2.24) is 0 Å². The fraction of sp³-hybridized carbons (Fsp3) is 0.200. The molecule has 0 nitrogen and oxygen atoms in total.